The second-order valence-electron chi connectivity index (χ2n) is 4.09. The summed E-state index contributed by atoms with van der Waals surface area (Å²) in [7, 11) is 1.90. The molecule has 0 aliphatic rings. The summed E-state index contributed by atoms with van der Waals surface area (Å²) >= 11 is 0. The fourth-order valence-corrected chi connectivity index (χ4v) is 1.80. The Kier molecular flexibility index (Phi) is 3.63. The zero-order valence-electron chi connectivity index (χ0n) is 10.5. The minimum Gasteiger partial charge on any atom is -0.388 e. The van der Waals surface area contributed by atoms with Crippen LogP contribution in [0.15, 0.2) is 48.5 Å². The first-order valence-corrected chi connectivity index (χ1v) is 5.85. The molecule has 3 heteroatoms. The van der Waals surface area contributed by atoms with Gasteiger partial charge in [-0.3, -0.25) is 4.79 Å². The van der Waals surface area contributed by atoms with Gasteiger partial charge in [-0.15, -0.1) is 0 Å². The van der Waals surface area contributed by atoms with Gasteiger partial charge < -0.3 is 10.6 Å². The second kappa shape index (κ2) is 5.36. The number of benzene rings is 2. The molecule has 2 aromatic carbocycles. The first kappa shape index (κ1) is 12.2. The van der Waals surface area contributed by atoms with Crippen molar-refractivity contribution in [2.45, 2.75) is 6.92 Å². The van der Waals surface area contributed by atoms with Gasteiger partial charge in [0.2, 0.25) is 5.91 Å². The highest BCUT2D eigenvalue weighted by Crippen LogP contribution is 2.23. The summed E-state index contributed by atoms with van der Waals surface area (Å²) in [4.78, 5) is 10.9. The number of carbonyl (C=O) groups excluding carboxylic acids is 1. The molecule has 0 heterocycles. The van der Waals surface area contributed by atoms with Crippen molar-refractivity contribution < 1.29 is 4.79 Å². The number of amides is 1. The van der Waals surface area contributed by atoms with Gasteiger partial charge in [0.05, 0.1) is 0 Å². The van der Waals surface area contributed by atoms with E-state index in [1.165, 1.54) is 6.92 Å². The van der Waals surface area contributed by atoms with Crippen molar-refractivity contribution in [1.82, 2.24) is 0 Å². The molecule has 0 spiro atoms. The topological polar surface area (TPSA) is 41.1 Å². The number of anilines is 2. The van der Waals surface area contributed by atoms with E-state index in [0.29, 0.717) is 0 Å². The Labute approximate surface area is 107 Å². The normalized spacial score (nSPS) is 9.89. The number of rotatable bonds is 3. The Hall–Kier alpha value is -2.29. The molecule has 0 unspecified atom stereocenters. The number of carbonyl (C=O) groups is 1. The summed E-state index contributed by atoms with van der Waals surface area (Å²) < 4.78 is 0. The van der Waals surface area contributed by atoms with Crippen LogP contribution in [0.4, 0.5) is 11.4 Å². The average molecular weight is 240 g/mol. The van der Waals surface area contributed by atoms with E-state index >= 15 is 0 Å². The van der Waals surface area contributed by atoms with Gasteiger partial charge in [-0.25, -0.2) is 0 Å². The zero-order chi connectivity index (χ0) is 13.0. The number of nitrogens with one attached hydrogen (secondary N) is 2. The van der Waals surface area contributed by atoms with Crippen molar-refractivity contribution in [2.24, 2.45) is 0 Å². The van der Waals surface area contributed by atoms with Crippen molar-refractivity contribution in [3.05, 3.63) is 48.5 Å². The summed E-state index contributed by atoms with van der Waals surface area (Å²) in [5.74, 6) is -0.0556. The van der Waals surface area contributed by atoms with Gasteiger partial charge in [0, 0.05) is 25.3 Å². The predicted octanol–water partition coefficient (Wildman–Crippen LogP) is 3.35. The molecule has 0 radical (unpaired) electrons. The highest BCUT2D eigenvalue weighted by molar-refractivity contribution is 5.89. The van der Waals surface area contributed by atoms with E-state index < -0.39 is 0 Å². The minimum atomic E-state index is -0.0556. The summed E-state index contributed by atoms with van der Waals surface area (Å²) in [5.41, 5.74) is 4.17. The first-order valence-electron chi connectivity index (χ1n) is 5.85. The van der Waals surface area contributed by atoms with Gasteiger partial charge in [-0.1, -0.05) is 24.3 Å². The molecule has 0 saturated carbocycles. The van der Waals surface area contributed by atoms with E-state index in [2.05, 4.69) is 22.8 Å². The molecule has 0 aliphatic heterocycles. The Morgan fingerprint density at radius 2 is 1.67 bits per heavy atom. The maximum atomic E-state index is 10.9. The molecule has 2 N–H and O–H groups in total. The van der Waals surface area contributed by atoms with Crippen molar-refractivity contribution in [1.29, 1.82) is 0 Å². The SMILES string of the molecule is CNc1cccc(-c2ccc(NC(C)=O)cc2)c1. The van der Waals surface area contributed by atoms with Crippen LogP contribution in [0.25, 0.3) is 11.1 Å². The fraction of sp³-hybridized carbons (Fsp3) is 0.133. The lowest BCUT2D eigenvalue weighted by Gasteiger charge is -2.07. The molecule has 1 amide bonds. The Bertz CT molecular complexity index is 547. The molecule has 0 aliphatic carbocycles. The Balaban J connectivity index is 2.25. The highest BCUT2D eigenvalue weighted by Gasteiger charge is 2.00. The van der Waals surface area contributed by atoms with Crippen LogP contribution in [0.2, 0.25) is 0 Å². The van der Waals surface area contributed by atoms with Crippen LogP contribution in [-0.4, -0.2) is 13.0 Å². The number of hydrogen-bond donors (Lipinski definition) is 2. The molecule has 2 aromatic rings. The summed E-state index contributed by atoms with van der Waals surface area (Å²) in [6, 6.07) is 16.0. The van der Waals surface area contributed by atoms with Gasteiger partial charge in [-0.2, -0.15) is 0 Å². The number of hydrogen-bond acceptors (Lipinski definition) is 2. The fourth-order valence-electron chi connectivity index (χ4n) is 1.80. The van der Waals surface area contributed by atoms with Crippen LogP contribution in [-0.2, 0) is 4.79 Å². The second-order valence-corrected chi connectivity index (χ2v) is 4.09. The molecular weight excluding hydrogens is 224 g/mol. The van der Waals surface area contributed by atoms with Crippen LogP contribution in [0, 0.1) is 0 Å². The molecular formula is C15H16N2O. The van der Waals surface area contributed by atoms with Crippen LogP contribution in [0.5, 0.6) is 0 Å². The van der Waals surface area contributed by atoms with Crippen molar-refractivity contribution >= 4 is 17.3 Å². The monoisotopic (exact) mass is 240 g/mol. The zero-order valence-corrected chi connectivity index (χ0v) is 10.5. The van der Waals surface area contributed by atoms with Gasteiger partial charge in [0.25, 0.3) is 0 Å². The summed E-state index contributed by atoms with van der Waals surface area (Å²) in [5, 5.41) is 5.87. The van der Waals surface area contributed by atoms with Crippen LogP contribution < -0.4 is 10.6 Å². The smallest absolute Gasteiger partial charge is 0.221 e. The molecule has 0 atom stereocenters. The largest absolute Gasteiger partial charge is 0.388 e. The average Bonchev–Trinajstić information content (AvgIpc) is 2.39. The van der Waals surface area contributed by atoms with E-state index in [1.807, 2.05) is 43.4 Å². The molecule has 0 saturated heterocycles. The van der Waals surface area contributed by atoms with Crippen LogP contribution in [0.3, 0.4) is 0 Å². The van der Waals surface area contributed by atoms with Crippen LogP contribution >= 0.6 is 0 Å². The van der Waals surface area contributed by atoms with Gasteiger partial charge >= 0.3 is 0 Å². The van der Waals surface area contributed by atoms with E-state index in [9.17, 15) is 4.79 Å². The standard InChI is InChI=1S/C15H16N2O/c1-11(18)17-14-8-6-12(7-9-14)13-4-3-5-15(10-13)16-2/h3-10,16H,1-2H3,(H,17,18). The Morgan fingerprint density at radius 1 is 0.944 bits per heavy atom. The molecule has 18 heavy (non-hydrogen) atoms. The molecule has 0 fully saturated rings. The van der Waals surface area contributed by atoms with Crippen LogP contribution in [0.1, 0.15) is 6.92 Å². The van der Waals surface area contributed by atoms with Gasteiger partial charge in [0.1, 0.15) is 0 Å². The third kappa shape index (κ3) is 2.88. The van der Waals surface area contributed by atoms with Gasteiger partial charge in [-0.05, 0) is 35.4 Å². The Morgan fingerprint density at radius 3 is 2.28 bits per heavy atom. The molecule has 3 nitrogen and oxygen atoms in total. The maximum Gasteiger partial charge on any atom is 0.221 e. The highest BCUT2D eigenvalue weighted by atomic mass is 16.1. The molecule has 0 bridgehead atoms. The lowest BCUT2D eigenvalue weighted by molar-refractivity contribution is -0.114. The van der Waals surface area contributed by atoms with Crippen molar-refractivity contribution in [3.8, 4) is 11.1 Å². The van der Waals surface area contributed by atoms with E-state index in [0.717, 1.165) is 22.5 Å². The maximum absolute atomic E-state index is 10.9. The third-order valence-corrected chi connectivity index (χ3v) is 2.69. The first-order chi connectivity index (χ1) is 8.69. The predicted molar refractivity (Wildman–Crippen MR) is 75.7 cm³/mol. The lowest BCUT2D eigenvalue weighted by Crippen LogP contribution is -2.05. The van der Waals surface area contributed by atoms with E-state index in [1.54, 1.807) is 0 Å². The lowest BCUT2D eigenvalue weighted by atomic mass is 10.0. The van der Waals surface area contributed by atoms with E-state index in [-0.39, 0.29) is 5.91 Å². The molecule has 0 aromatic heterocycles. The third-order valence-electron chi connectivity index (χ3n) is 2.69. The summed E-state index contributed by atoms with van der Waals surface area (Å²) in [6.07, 6.45) is 0. The van der Waals surface area contributed by atoms with Gasteiger partial charge in [0.15, 0.2) is 0 Å². The molecule has 2 rings (SSSR count). The van der Waals surface area contributed by atoms with Crippen molar-refractivity contribution in [3.63, 3.8) is 0 Å². The van der Waals surface area contributed by atoms with E-state index in [4.69, 9.17) is 0 Å². The van der Waals surface area contributed by atoms with Crippen molar-refractivity contribution in [2.75, 3.05) is 17.7 Å². The molecule has 92 valence electrons. The minimum absolute atomic E-state index is 0.0556. The quantitative estimate of drug-likeness (QED) is 0.863. The summed E-state index contributed by atoms with van der Waals surface area (Å²) in [6.45, 7) is 1.50.